The summed E-state index contributed by atoms with van der Waals surface area (Å²) in [5.74, 6) is 1.33. The van der Waals surface area contributed by atoms with E-state index in [1.165, 1.54) is 6.07 Å². The molecule has 174 valence electrons. The number of rotatable bonds is 6. The predicted octanol–water partition coefficient (Wildman–Crippen LogP) is 5.25. The molecule has 33 heavy (non-hydrogen) atoms. The van der Waals surface area contributed by atoms with Gasteiger partial charge in [-0.05, 0) is 80.8 Å². The average Bonchev–Trinajstić information content (AvgIpc) is 2.73. The summed E-state index contributed by atoms with van der Waals surface area (Å²) in [5, 5.41) is 2.58. The molecule has 2 amide bonds. The fourth-order valence-electron chi connectivity index (χ4n) is 3.10. The van der Waals surface area contributed by atoms with Crippen LogP contribution in [-0.4, -0.2) is 27.1 Å². The number of hydrogen-bond donors (Lipinski definition) is 2. The molecule has 7 nitrogen and oxygen atoms in total. The molecule has 3 aromatic rings. The Balaban J connectivity index is 1.90. The Labute approximate surface area is 194 Å². The minimum atomic E-state index is -4.18. The van der Waals surface area contributed by atoms with Crippen LogP contribution in [-0.2, 0) is 10.0 Å². The molecule has 0 aromatic heterocycles. The van der Waals surface area contributed by atoms with Crippen molar-refractivity contribution >= 4 is 16.1 Å². The van der Waals surface area contributed by atoms with Crippen LogP contribution in [0.15, 0.2) is 71.6 Å². The maximum atomic E-state index is 13.0. The van der Waals surface area contributed by atoms with Crippen LogP contribution >= 0.6 is 0 Å². The maximum Gasteiger partial charge on any atom is 0.329 e. The molecule has 0 radical (unpaired) electrons. The van der Waals surface area contributed by atoms with E-state index in [0.717, 1.165) is 16.9 Å². The van der Waals surface area contributed by atoms with E-state index in [0.29, 0.717) is 11.3 Å². The van der Waals surface area contributed by atoms with Crippen LogP contribution in [0.4, 0.5) is 4.79 Å². The lowest BCUT2D eigenvalue weighted by atomic mass is 10.1. The Hall–Kier alpha value is -3.52. The Morgan fingerprint density at radius 1 is 0.879 bits per heavy atom. The van der Waals surface area contributed by atoms with Gasteiger partial charge < -0.3 is 14.8 Å². The molecule has 3 rings (SSSR count). The first kappa shape index (κ1) is 24.1. The number of sulfonamides is 1. The third-order valence-electron chi connectivity index (χ3n) is 4.59. The second-order valence-electron chi connectivity index (χ2n) is 8.62. The van der Waals surface area contributed by atoms with Gasteiger partial charge in [-0.25, -0.2) is 17.9 Å². The lowest BCUT2D eigenvalue weighted by Crippen LogP contribution is -2.48. The molecule has 0 aliphatic heterocycles. The first-order valence-electron chi connectivity index (χ1n) is 10.3. The van der Waals surface area contributed by atoms with Crippen molar-refractivity contribution in [3.63, 3.8) is 0 Å². The first-order chi connectivity index (χ1) is 15.5. The van der Waals surface area contributed by atoms with Crippen LogP contribution in [0.25, 0.3) is 11.1 Å². The molecule has 0 atom stereocenters. The number of carbonyl (C=O) groups excluding carboxylic acids is 1. The quantitative estimate of drug-likeness (QED) is 0.515. The maximum absolute atomic E-state index is 13.0. The number of hydrogen-bond acceptors (Lipinski definition) is 5. The van der Waals surface area contributed by atoms with Crippen molar-refractivity contribution in [1.82, 2.24) is 10.0 Å². The summed E-state index contributed by atoms with van der Waals surface area (Å²) in [4.78, 5) is 12.1. The second kappa shape index (κ2) is 9.54. The molecule has 2 N–H and O–H groups in total. The van der Waals surface area contributed by atoms with E-state index in [1.54, 1.807) is 53.0 Å². The smallest absolute Gasteiger partial charge is 0.329 e. The summed E-state index contributed by atoms with van der Waals surface area (Å²) in [6.45, 7) is 7.05. The second-order valence-corrected chi connectivity index (χ2v) is 10.3. The molecule has 0 bridgehead atoms. The Bertz CT molecular complexity index is 1250. The summed E-state index contributed by atoms with van der Waals surface area (Å²) in [7, 11) is -2.57. The monoisotopic (exact) mass is 468 g/mol. The molecular formula is C25H28N2O5S. The molecule has 0 aliphatic carbocycles. The topological polar surface area (TPSA) is 93.7 Å². The summed E-state index contributed by atoms with van der Waals surface area (Å²) in [5.41, 5.74) is 1.98. The highest BCUT2D eigenvalue weighted by Crippen LogP contribution is 2.32. The van der Waals surface area contributed by atoms with Gasteiger partial charge in [0.2, 0.25) is 0 Å². The van der Waals surface area contributed by atoms with Crippen molar-refractivity contribution in [2.24, 2.45) is 0 Å². The van der Waals surface area contributed by atoms with Crippen LogP contribution in [0.5, 0.6) is 17.2 Å². The number of ether oxygens (including phenoxy) is 2. The minimum absolute atomic E-state index is 0.114. The summed E-state index contributed by atoms with van der Waals surface area (Å²) in [6, 6.07) is 18.9. The van der Waals surface area contributed by atoms with E-state index in [-0.39, 0.29) is 10.6 Å². The van der Waals surface area contributed by atoms with Crippen LogP contribution in [0.3, 0.4) is 0 Å². The Kier molecular flexibility index (Phi) is 6.98. The van der Waals surface area contributed by atoms with Gasteiger partial charge in [-0.15, -0.1) is 0 Å². The molecule has 0 saturated heterocycles. The lowest BCUT2D eigenvalue weighted by Gasteiger charge is -2.21. The van der Waals surface area contributed by atoms with Gasteiger partial charge in [0.1, 0.15) is 22.1 Å². The molecule has 0 unspecified atom stereocenters. The van der Waals surface area contributed by atoms with E-state index >= 15 is 0 Å². The van der Waals surface area contributed by atoms with Crippen LogP contribution in [0.1, 0.15) is 26.3 Å². The summed E-state index contributed by atoms with van der Waals surface area (Å²) in [6.07, 6.45) is 0. The van der Waals surface area contributed by atoms with Crippen molar-refractivity contribution in [1.29, 1.82) is 0 Å². The molecule has 0 aliphatic rings. The van der Waals surface area contributed by atoms with E-state index < -0.39 is 21.6 Å². The van der Waals surface area contributed by atoms with Gasteiger partial charge in [-0.1, -0.05) is 30.3 Å². The van der Waals surface area contributed by atoms with E-state index in [9.17, 15) is 13.2 Å². The zero-order chi connectivity index (χ0) is 24.2. The zero-order valence-corrected chi connectivity index (χ0v) is 20.1. The molecule has 3 aromatic carbocycles. The molecule has 0 heterocycles. The lowest BCUT2D eigenvalue weighted by molar-refractivity contribution is 0.237. The third-order valence-corrected chi connectivity index (χ3v) is 5.94. The van der Waals surface area contributed by atoms with Crippen molar-refractivity contribution < 1.29 is 22.7 Å². The van der Waals surface area contributed by atoms with Gasteiger partial charge in [-0.3, -0.25) is 0 Å². The molecule has 0 spiro atoms. The van der Waals surface area contributed by atoms with E-state index in [1.807, 2.05) is 42.5 Å². The fourth-order valence-corrected chi connectivity index (χ4v) is 4.22. The van der Waals surface area contributed by atoms with Gasteiger partial charge in [-0.2, -0.15) is 0 Å². The summed E-state index contributed by atoms with van der Waals surface area (Å²) >= 11 is 0. The minimum Gasteiger partial charge on any atom is -0.497 e. The zero-order valence-electron chi connectivity index (χ0n) is 19.3. The van der Waals surface area contributed by atoms with E-state index in [4.69, 9.17) is 9.47 Å². The van der Waals surface area contributed by atoms with Gasteiger partial charge in [0.05, 0.1) is 7.11 Å². The Morgan fingerprint density at radius 2 is 1.58 bits per heavy atom. The standard InChI is InChI=1S/C25H28N2O5S/c1-17-9-14-22(23(15-17)33(29,30)27-24(28)26-25(2,3)4)32-21-8-6-7-19(16-21)18-10-12-20(31-5)13-11-18/h6-16H,1-5H3,(H2,26,27,28). The highest BCUT2D eigenvalue weighted by atomic mass is 32.2. The fraction of sp³-hybridized carbons (Fsp3) is 0.240. The van der Waals surface area contributed by atoms with Crippen LogP contribution < -0.4 is 19.5 Å². The van der Waals surface area contributed by atoms with Crippen molar-refractivity contribution in [2.45, 2.75) is 38.1 Å². The number of carbonyl (C=O) groups is 1. The van der Waals surface area contributed by atoms with Crippen molar-refractivity contribution in [3.8, 4) is 28.4 Å². The van der Waals surface area contributed by atoms with Gasteiger partial charge in [0.15, 0.2) is 0 Å². The highest BCUT2D eigenvalue weighted by molar-refractivity contribution is 7.90. The Morgan fingerprint density at radius 3 is 2.21 bits per heavy atom. The normalized spacial score (nSPS) is 11.5. The number of amides is 2. The summed E-state index contributed by atoms with van der Waals surface area (Å²) < 4.78 is 39.2. The number of nitrogens with one attached hydrogen (secondary N) is 2. The third kappa shape index (κ3) is 6.49. The van der Waals surface area contributed by atoms with Gasteiger partial charge in [0, 0.05) is 5.54 Å². The number of benzene rings is 3. The first-order valence-corrected chi connectivity index (χ1v) is 11.8. The molecule has 8 heteroatoms. The van der Waals surface area contributed by atoms with E-state index in [2.05, 4.69) is 10.0 Å². The van der Waals surface area contributed by atoms with Crippen LogP contribution in [0.2, 0.25) is 0 Å². The van der Waals surface area contributed by atoms with Gasteiger partial charge >= 0.3 is 6.03 Å². The highest BCUT2D eigenvalue weighted by Gasteiger charge is 2.25. The predicted molar refractivity (Wildman–Crippen MR) is 128 cm³/mol. The van der Waals surface area contributed by atoms with Crippen LogP contribution in [0, 0.1) is 6.92 Å². The number of methoxy groups -OCH3 is 1. The number of urea groups is 1. The largest absolute Gasteiger partial charge is 0.497 e. The molecule has 0 fully saturated rings. The van der Waals surface area contributed by atoms with Crippen molar-refractivity contribution in [2.75, 3.05) is 7.11 Å². The number of aryl methyl sites for hydroxylation is 1. The molecule has 0 saturated carbocycles. The SMILES string of the molecule is COc1ccc(-c2cccc(Oc3ccc(C)cc3S(=O)(=O)NC(=O)NC(C)(C)C)c2)cc1. The van der Waals surface area contributed by atoms with Crippen molar-refractivity contribution in [3.05, 3.63) is 72.3 Å². The molecular weight excluding hydrogens is 440 g/mol. The van der Waals surface area contributed by atoms with Gasteiger partial charge in [0.25, 0.3) is 10.0 Å². The average molecular weight is 469 g/mol.